The van der Waals surface area contributed by atoms with Gasteiger partial charge in [0.05, 0.1) is 6.07 Å². The van der Waals surface area contributed by atoms with Gasteiger partial charge >= 0.3 is 0 Å². The molecule has 0 heterocycles. The van der Waals surface area contributed by atoms with Crippen LogP contribution in [0.5, 0.6) is 0 Å². The van der Waals surface area contributed by atoms with Crippen LogP contribution in [0.1, 0.15) is 46.5 Å². The Morgan fingerprint density at radius 2 is 2.00 bits per heavy atom. The Morgan fingerprint density at radius 3 is 2.46 bits per heavy atom. The van der Waals surface area contributed by atoms with Crippen molar-refractivity contribution >= 4 is 0 Å². The largest absolute Gasteiger partial charge is 0.314 e. The van der Waals surface area contributed by atoms with E-state index in [1.54, 1.807) is 0 Å². The molecule has 1 N–H and O–H groups in total. The van der Waals surface area contributed by atoms with Crippen molar-refractivity contribution in [1.29, 1.82) is 5.26 Å². The van der Waals surface area contributed by atoms with E-state index in [1.807, 2.05) is 0 Å². The zero-order valence-corrected chi connectivity index (χ0v) is 9.14. The summed E-state index contributed by atoms with van der Waals surface area (Å²) in [5, 5.41) is 11.9. The second-order valence-electron chi connectivity index (χ2n) is 3.83. The molecule has 0 aliphatic carbocycles. The fourth-order valence-corrected chi connectivity index (χ4v) is 1.47. The molecular weight excluding hydrogens is 160 g/mol. The molecule has 0 saturated heterocycles. The van der Waals surface area contributed by atoms with Gasteiger partial charge in [-0.1, -0.05) is 20.8 Å². The van der Waals surface area contributed by atoms with Crippen LogP contribution in [-0.4, -0.2) is 12.6 Å². The van der Waals surface area contributed by atoms with Crippen LogP contribution in [0.2, 0.25) is 0 Å². The van der Waals surface area contributed by atoms with E-state index in [1.165, 1.54) is 6.42 Å². The van der Waals surface area contributed by atoms with Crippen LogP contribution < -0.4 is 5.32 Å². The van der Waals surface area contributed by atoms with Gasteiger partial charge < -0.3 is 5.32 Å². The summed E-state index contributed by atoms with van der Waals surface area (Å²) < 4.78 is 0. The second kappa shape index (κ2) is 8.07. The summed E-state index contributed by atoms with van der Waals surface area (Å²) >= 11 is 0. The third-order valence-electron chi connectivity index (χ3n) is 2.37. The van der Waals surface area contributed by atoms with Crippen molar-refractivity contribution < 1.29 is 0 Å². The fraction of sp³-hybridized carbons (Fsp3) is 0.909. The number of nitrogens with zero attached hydrogens (tertiary/aromatic N) is 1. The first-order valence-electron chi connectivity index (χ1n) is 5.32. The average molecular weight is 182 g/mol. The van der Waals surface area contributed by atoms with Crippen molar-refractivity contribution in [2.45, 2.75) is 52.5 Å². The molecule has 0 spiro atoms. The summed E-state index contributed by atoms with van der Waals surface area (Å²) in [5.41, 5.74) is 0. The average Bonchev–Trinajstić information content (AvgIpc) is 2.10. The molecule has 1 unspecified atom stereocenters. The SMILES string of the molecule is CCC(NCCCCC#N)C(C)C. The Bertz CT molecular complexity index is 147. The summed E-state index contributed by atoms with van der Waals surface area (Å²) in [4.78, 5) is 0. The number of nitriles is 1. The van der Waals surface area contributed by atoms with E-state index in [0.29, 0.717) is 18.4 Å². The summed E-state index contributed by atoms with van der Waals surface area (Å²) in [6, 6.07) is 2.81. The molecular formula is C11H22N2. The highest BCUT2D eigenvalue weighted by Gasteiger charge is 2.08. The Morgan fingerprint density at radius 1 is 1.31 bits per heavy atom. The van der Waals surface area contributed by atoms with Gasteiger partial charge in [0, 0.05) is 12.5 Å². The summed E-state index contributed by atoms with van der Waals surface area (Å²) in [6.07, 6.45) is 4.03. The highest BCUT2D eigenvalue weighted by molar-refractivity contribution is 4.71. The van der Waals surface area contributed by atoms with Crippen LogP contribution in [-0.2, 0) is 0 Å². The Labute approximate surface area is 82.3 Å². The van der Waals surface area contributed by atoms with E-state index in [9.17, 15) is 0 Å². The molecule has 0 aromatic heterocycles. The summed E-state index contributed by atoms with van der Waals surface area (Å²) in [7, 11) is 0. The lowest BCUT2D eigenvalue weighted by Gasteiger charge is -2.20. The van der Waals surface area contributed by atoms with Crippen molar-refractivity contribution in [2.75, 3.05) is 6.54 Å². The number of hydrogen-bond acceptors (Lipinski definition) is 2. The van der Waals surface area contributed by atoms with Crippen molar-refractivity contribution in [3.63, 3.8) is 0 Å². The molecule has 76 valence electrons. The van der Waals surface area contributed by atoms with Gasteiger partial charge in [-0.3, -0.25) is 0 Å². The van der Waals surface area contributed by atoms with E-state index in [-0.39, 0.29) is 0 Å². The first-order chi connectivity index (χ1) is 6.22. The highest BCUT2D eigenvalue weighted by atomic mass is 14.9. The molecule has 0 bridgehead atoms. The standard InChI is InChI=1S/C11H22N2/c1-4-11(10(2)3)13-9-7-5-6-8-12/h10-11,13H,4-7,9H2,1-3H3. The van der Waals surface area contributed by atoms with Crippen LogP contribution in [0, 0.1) is 17.2 Å². The van der Waals surface area contributed by atoms with E-state index in [2.05, 4.69) is 32.2 Å². The molecule has 0 aromatic carbocycles. The predicted molar refractivity (Wildman–Crippen MR) is 56.4 cm³/mol. The van der Waals surface area contributed by atoms with Gasteiger partial charge in [-0.2, -0.15) is 5.26 Å². The minimum atomic E-state index is 0.641. The lowest BCUT2D eigenvalue weighted by atomic mass is 10.0. The quantitative estimate of drug-likeness (QED) is 0.614. The predicted octanol–water partition coefficient (Wildman–Crippen LogP) is 2.70. The number of unbranched alkanes of at least 4 members (excludes halogenated alkanes) is 2. The molecule has 0 rings (SSSR count). The molecule has 0 amide bonds. The fourth-order valence-electron chi connectivity index (χ4n) is 1.47. The maximum atomic E-state index is 8.34. The van der Waals surface area contributed by atoms with E-state index >= 15 is 0 Å². The van der Waals surface area contributed by atoms with Crippen LogP contribution in [0.4, 0.5) is 0 Å². The van der Waals surface area contributed by atoms with Gasteiger partial charge in [-0.05, 0) is 31.7 Å². The maximum Gasteiger partial charge on any atom is 0.0621 e. The normalized spacial score (nSPS) is 12.8. The molecule has 13 heavy (non-hydrogen) atoms. The zero-order valence-electron chi connectivity index (χ0n) is 9.14. The molecule has 0 aliphatic heterocycles. The monoisotopic (exact) mass is 182 g/mol. The molecule has 1 atom stereocenters. The molecule has 0 aliphatic rings. The van der Waals surface area contributed by atoms with Crippen LogP contribution in [0.3, 0.4) is 0 Å². The van der Waals surface area contributed by atoms with E-state index in [0.717, 1.165) is 19.4 Å². The van der Waals surface area contributed by atoms with Crippen molar-refractivity contribution in [3.8, 4) is 6.07 Å². The van der Waals surface area contributed by atoms with E-state index in [4.69, 9.17) is 5.26 Å². The van der Waals surface area contributed by atoms with Gasteiger partial charge in [0.2, 0.25) is 0 Å². The molecule has 0 aromatic rings. The topological polar surface area (TPSA) is 35.8 Å². The van der Waals surface area contributed by atoms with Crippen LogP contribution >= 0.6 is 0 Å². The Kier molecular flexibility index (Phi) is 7.73. The maximum absolute atomic E-state index is 8.34. The lowest BCUT2D eigenvalue weighted by molar-refractivity contribution is 0.385. The minimum absolute atomic E-state index is 0.641. The van der Waals surface area contributed by atoms with Crippen LogP contribution in [0.25, 0.3) is 0 Å². The first kappa shape index (κ1) is 12.4. The number of hydrogen-bond donors (Lipinski definition) is 1. The van der Waals surface area contributed by atoms with Crippen molar-refractivity contribution in [3.05, 3.63) is 0 Å². The third-order valence-corrected chi connectivity index (χ3v) is 2.37. The van der Waals surface area contributed by atoms with E-state index < -0.39 is 0 Å². The minimum Gasteiger partial charge on any atom is -0.314 e. The molecule has 2 nitrogen and oxygen atoms in total. The summed E-state index contributed by atoms with van der Waals surface area (Å²) in [6.45, 7) is 7.76. The molecule has 0 saturated carbocycles. The lowest BCUT2D eigenvalue weighted by Crippen LogP contribution is -2.33. The van der Waals surface area contributed by atoms with Gasteiger partial charge in [0.15, 0.2) is 0 Å². The molecule has 2 heteroatoms. The Balaban J connectivity index is 3.34. The van der Waals surface area contributed by atoms with Gasteiger partial charge in [0.1, 0.15) is 0 Å². The van der Waals surface area contributed by atoms with Gasteiger partial charge in [0.25, 0.3) is 0 Å². The Hall–Kier alpha value is -0.550. The van der Waals surface area contributed by atoms with Crippen LogP contribution in [0.15, 0.2) is 0 Å². The first-order valence-corrected chi connectivity index (χ1v) is 5.32. The number of rotatable bonds is 7. The summed E-state index contributed by atoms with van der Waals surface area (Å²) in [5.74, 6) is 0.709. The molecule has 0 fully saturated rings. The van der Waals surface area contributed by atoms with Crippen molar-refractivity contribution in [2.24, 2.45) is 5.92 Å². The third kappa shape index (κ3) is 6.60. The van der Waals surface area contributed by atoms with Gasteiger partial charge in [-0.15, -0.1) is 0 Å². The second-order valence-corrected chi connectivity index (χ2v) is 3.83. The highest BCUT2D eigenvalue weighted by Crippen LogP contribution is 2.05. The van der Waals surface area contributed by atoms with Crippen molar-refractivity contribution in [1.82, 2.24) is 5.32 Å². The zero-order chi connectivity index (χ0) is 10.1. The molecule has 0 radical (unpaired) electrons. The number of nitrogens with one attached hydrogen (secondary N) is 1. The van der Waals surface area contributed by atoms with Gasteiger partial charge in [-0.25, -0.2) is 0 Å². The smallest absolute Gasteiger partial charge is 0.0621 e.